The van der Waals surface area contributed by atoms with E-state index in [1.54, 1.807) is 4.98 Å². The average Bonchev–Trinajstić information content (AvgIpc) is 2.26. The van der Waals surface area contributed by atoms with E-state index in [9.17, 15) is 24.0 Å². The molecule has 10 nitrogen and oxygen atoms in total. The van der Waals surface area contributed by atoms with E-state index in [0.717, 1.165) is 6.20 Å². The van der Waals surface area contributed by atoms with Gasteiger partial charge in [0, 0.05) is 6.20 Å². The second-order valence-corrected chi connectivity index (χ2v) is 3.45. The van der Waals surface area contributed by atoms with Crippen molar-refractivity contribution in [3.05, 3.63) is 32.6 Å². The van der Waals surface area contributed by atoms with Crippen molar-refractivity contribution in [1.82, 2.24) is 15.3 Å². The summed E-state index contributed by atoms with van der Waals surface area (Å²) < 4.78 is 0. The zero-order valence-corrected chi connectivity index (χ0v) is 9.30. The number of H-pyrrole nitrogens is 2. The molecular weight excluding hydrogens is 262 g/mol. The normalized spacial score (nSPS) is 11.6. The molecule has 1 aromatic rings. The van der Waals surface area contributed by atoms with Crippen LogP contribution >= 0.6 is 0 Å². The van der Waals surface area contributed by atoms with E-state index in [0.29, 0.717) is 0 Å². The van der Waals surface area contributed by atoms with Gasteiger partial charge in [0.1, 0.15) is 11.6 Å². The average molecular weight is 271 g/mol. The van der Waals surface area contributed by atoms with Crippen molar-refractivity contribution < 1.29 is 24.6 Å². The number of aromatic amines is 2. The van der Waals surface area contributed by atoms with Crippen LogP contribution in [-0.4, -0.2) is 44.1 Å². The molecule has 1 atom stereocenters. The van der Waals surface area contributed by atoms with Gasteiger partial charge in [-0.3, -0.25) is 19.4 Å². The van der Waals surface area contributed by atoms with Crippen LogP contribution in [0.4, 0.5) is 0 Å². The van der Waals surface area contributed by atoms with Crippen molar-refractivity contribution in [2.75, 3.05) is 0 Å². The number of hydrogen-bond acceptors (Lipinski definition) is 5. The second kappa shape index (κ2) is 5.62. The minimum Gasteiger partial charge on any atom is -0.481 e. The summed E-state index contributed by atoms with van der Waals surface area (Å²) in [6.07, 6.45) is -0.0431. The molecule has 0 aliphatic heterocycles. The Balaban J connectivity index is 2.94. The third-order valence-corrected chi connectivity index (χ3v) is 2.05. The summed E-state index contributed by atoms with van der Waals surface area (Å²) in [6.45, 7) is 0. The van der Waals surface area contributed by atoms with Crippen molar-refractivity contribution in [2.45, 2.75) is 12.5 Å². The fourth-order valence-corrected chi connectivity index (χ4v) is 1.19. The molecule has 0 aliphatic carbocycles. The van der Waals surface area contributed by atoms with Crippen LogP contribution in [0, 0.1) is 0 Å². The van der Waals surface area contributed by atoms with E-state index in [1.165, 1.54) is 0 Å². The second-order valence-electron chi connectivity index (χ2n) is 3.45. The van der Waals surface area contributed by atoms with E-state index in [-0.39, 0.29) is 0 Å². The summed E-state index contributed by atoms with van der Waals surface area (Å²) in [5, 5.41) is 19.0. The van der Waals surface area contributed by atoms with E-state index >= 15 is 0 Å². The first-order chi connectivity index (χ1) is 8.81. The number of aliphatic carboxylic acids is 2. The summed E-state index contributed by atoms with van der Waals surface area (Å²) in [5.41, 5.74) is -2.38. The molecule has 0 spiro atoms. The van der Waals surface area contributed by atoms with Crippen LogP contribution in [0.3, 0.4) is 0 Å². The summed E-state index contributed by atoms with van der Waals surface area (Å²) in [6, 6.07) is -1.68. The molecule has 0 fully saturated rings. The zero-order chi connectivity index (χ0) is 14.6. The number of carboxylic acids is 2. The molecule has 1 aromatic heterocycles. The Morgan fingerprint density at radius 2 is 1.89 bits per heavy atom. The van der Waals surface area contributed by atoms with Gasteiger partial charge in [0.05, 0.1) is 6.42 Å². The maximum Gasteiger partial charge on any atom is 0.326 e. The molecular formula is C9H9N3O7. The van der Waals surface area contributed by atoms with E-state index in [2.05, 4.69) is 0 Å². The van der Waals surface area contributed by atoms with E-state index in [4.69, 9.17) is 10.2 Å². The predicted molar refractivity (Wildman–Crippen MR) is 58.8 cm³/mol. The van der Waals surface area contributed by atoms with E-state index < -0.39 is 47.1 Å². The highest BCUT2D eigenvalue weighted by Crippen LogP contribution is 1.95. The largest absolute Gasteiger partial charge is 0.481 e. The van der Waals surface area contributed by atoms with Crippen LogP contribution in [0.1, 0.15) is 16.8 Å². The lowest BCUT2D eigenvalue weighted by molar-refractivity contribution is -0.145. The Morgan fingerprint density at radius 3 is 2.37 bits per heavy atom. The highest BCUT2D eigenvalue weighted by molar-refractivity contribution is 5.96. The van der Waals surface area contributed by atoms with Gasteiger partial charge in [-0.1, -0.05) is 0 Å². The third-order valence-electron chi connectivity index (χ3n) is 2.05. The number of amides is 1. The fraction of sp³-hybridized carbons (Fsp3) is 0.222. The lowest BCUT2D eigenvalue weighted by Gasteiger charge is -2.11. The van der Waals surface area contributed by atoms with Gasteiger partial charge >= 0.3 is 17.6 Å². The SMILES string of the molecule is O=C(O)C[C@H](NC(=O)c1c[nH]c(=O)[nH]c1=O)C(=O)O. The quantitative estimate of drug-likeness (QED) is 0.401. The third kappa shape index (κ3) is 3.80. The van der Waals surface area contributed by atoms with Gasteiger partial charge in [0.25, 0.3) is 11.5 Å². The first-order valence-corrected chi connectivity index (χ1v) is 4.88. The topological polar surface area (TPSA) is 169 Å². The summed E-state index contributed by atoms with van der Waals surface area (Å²) in [4.78, 5) is 58.5. The van der Waals surface area contributed by atoms with Gasteiger partial charge in [-0.15, -0.1) is 0 Å². The van der Waals surface area contributed by atoms with Crippen LogP contribution in [0.25, 0.3) is 0 Å². The van der Waals surface area contributed by atoms with Crippen molar-refractivity contribution in [2.24, 2.45) is 0 Å². The molecule has 19 heavy (non-hydrogen) atoms. The highest BCUT2D eigenvalue weighted by Gasteiger charge is 2.24. The van der Waals surface area contributed by atoms with Crippen LogP contribution in [0.15, 0.2) is 15.8 Å². The molecule has 0 saturated heterocycles. The smallest absolute Gasteiger partial charge is 0.326 e. The van der Waals surface area contributed by atoms with Crippen molar-refractivity contribution in [3.63, 3.8) is 0 Å². The first-order valence-electron chi connectivity index (χ1n) is 4.88. The van der Waals surface area contributed by atoms with Crippen molar-refractivity contribution >= 4 is 17.8 Å². The molecule has 0 bridgehead atoms. The van der Waals surface area contributed by atoms with Gasteiger partial charge in [-0.2, -0.15) is 0 Å². The summed E-state index contributed by atoms with van der Waals surface area (Å²) in [5.74, 6) is -4.09. The van der Waals surface area contributed by atoms with E-state index in [1.807, 2.05) is 10.3 Å². The Labute approximate surface area is 104 Å². The molecule has 0 aromatic carbocycles. The fourth-order valence-electron chi connectivity index (χ4n) is 1.19. The summed E-state index contributed by atoms with van der Waals surface area (Å²) >= 11 is 0. The van der Waals surface area contributed by atoms with Gasteiger partial charge in [0.2, 0.25) is 0 Å². The zero-order valence-electron chi connectivity index (χ0n) is 9.30. The Kier molecular flexibility index (Phi) is 4.19. The first kappa shape index (κ1) is 14.2. The van der Waals surface area contributed by atoms with Crippen LogP contribution < -0.4 is 16.6 Å². The molecule has 5 N–H and O–H groups in total. The monoisotopic (exact) mass is 271 g/mol. The predicted octanol–water partition coefficient (Wildman–Crippen LogP) is -2.28. The Bertz CT molecular complexity index is 629. The minimum atomic E-state index is -1.68. The van der Waals surface area contributed by atoms with Crippen LogP contribution in [-0.2, 0) is 9.59 Å². The maximum atomic E-state index is 11.6. The van der Waals surface area contributed by atoms with Crippen molar-refractivity contribution in [1.29, 1.82) is 0 Å². The molecule has 0 aliphatic rings. The minimum absolute atomic E-state index is 0.531. The van der Waals surface area contributed by atoms with Gasteiger partial charge in [-0.25, -0.2) is 9.59 Å². The number of carboxylic acid groups (broad SMARTS) is 2. The van der Waals surface area contributed by atoms with Gasteiger partial charge in [-0.05, 0) is 0 Å². The van der Waals surface area contributed by atoms with Gasteiger partial charge in [0.15, 0.2) is 0 Å². The van der Waals surface area contributed by atoms with Crippen LogP contribution in [0.2, 0.25) is 0 Å². The molecule has 0 unspecified atom stereocenters. The van der Waals surface area contributed by atoms with Gasteiger partial charge < -0.3 is 20.5 Å². The molecule has 1 heterocycles. The number of aromatic nitrogens is 2. The number of carbonyl (C=O) groups is 3. The molecule has 1 amide bonds. The number of hydrogen-bond donors (Lipinski definition) is 5. The number of rotatable bonds is 5. The number of nitrogens with one attached hydrogen (secondary N) is 3. The summed E-state index contributed by atoms with van der Waals surface area (Å²) in [7, 11) is 0. The Hall–Kier alpha value is -2.91. The lowest BCUT2D eigenvalue weighted by atomic mass is 10.2. The molecule has 0 radical (unpaired) electrons. The maximum absolute atomic E-state index is 11.6. The Morgan fingerprint density at radius 1 is 1.26 bits per heavy atom. The standard InChI is InChI=1S/C9H9N3O7/c13-5(14)1-4(8(17)18)11-6(15)3-2-10-9(19)12-7(3)16/h2,4H,1H2,(H,11,15)(H,13,14)(H,17,18)(H2,10,12,16,19)/t4-/m0/s1. The molecule has 10 heteroatoms. The highest BCUT2D eigenvalue weighted by atomic mass is 16.4. The van der Waals surface area contributed by atoms with Crippen molar-refractivity contribution in [3.8, 4) is 0 Å². The van der Waals surface area contributed by atoms with Crippen LogP contribution in [0.5, 0.6) is 0 Å². The lowest BCUT2D eigenvalue weighted by Crippen LogP contribution is -2.44. The molecule has 1 rings (SSSR count). The number of carbonyl (C=O) groups excluding carboxylic acids is 1. The molecule has 0 saturated carbocycles. The molecule has 102 valence electrons.